The number of halogens is 1. The Morgan fingerprint density at radius 2 is 2.00 bits per heavy atom. The van der Waals surface area contributed by atoms with Crippen molar-refractivity contribution in [3.63, 3.8) is 0 Å². The fourth-order valence-corrected chi connectivity index (χ4v) is 4.09. The molecule has 2 aliphatic heterocycles. The zero-order valence-corrected chi connectivity index (χ0v) is 18.5. The minimum atomic E-state index is 0.307. The number of benzene rings is 1. The average Bonchev–Trinajstić information content (AvgIpc) is 2.77. The number of guanidine groups is 1. The molecule has 2 fully saturated rings. The highest BCUT2D eigenvalue weighted by molar-refractivity contribution is 6.30. The summed E-state index contributed by atoms with van der Waals surface area (Å²) in [5.41, 5.74) is 1.31. The van der Waals surface area contributed by atoms with E-state index in [9.17, 15) is 0 Å². The Kier molecular flexibility index (Phi) is 9.58. The smallest absolute Gasteiger partial charge is 0.193 e. The predicted molar refractivity (Wildman–Crippen MR) is 120 cm³/mol. The van der Waals surface area contributed by atoms with Gasteiger partial charge in [0.15, 0.2) is 5.96 Å². The number of piperidine rings is 1. The molecule has 1 atom stereocenters. The van der Waals surface area contributed by atoms with Crippen LogP contribution in [0.15, 0.2) is 29.3 Å². The van der Waals surface area contributed by atoms with E-state index in [1.807, 2.05) is 12.1 Å². The molecule has 0 saturated carbocycles. The van der Waals surface area contributed by atoms with Gasteiger partial charge in [-0.15, -0.1) is 0 Å². The number of ether oxygens (including phenoxy) is 2. The number of rotatable bonds is 8. The molecule has 0 aliphatic carbocycles. The molecule has 0 radical (unpaired) electrons. The quantitative estimate of drug-likeness (QED) is 0.386. The summed E-state index contributed by atoms with van der Waals surface area (Å²) < 4.78 is 11.9. The molecule has 1 N–H and O–H groups in total. The van der Waals surface area contributed by atoms with Crippen LogP contribution in [0.2, 0.25) is 5.02 Å². The van der Waals surface area contributed by atoms with Crippen molar-refractivity contribution in [3.05, 3.63) is 34.9 Å². The average molecular weight is 422 g/mol. The first-order chi connectivity index (χ1) is 14.2. The van der Waals surface area contributed by atoms with Crippen molar-refractivity contribution in [2.24, 2.45) is 4.99 Å². The van der Waals surface area contributed by atoms with Crippen molar-refractivity contribution >= 4 is 17.6 Å². The maximum absolute atomic E-state index is 6.15. The van der Waals surface area contributed by atoms with Gasteiger partial charge in [-0.2, -0.15) is 0 Å². The first-order valence-electron chi connectivity index (χ1n) is 11.3. The van der Waals surface area contributed by atoms with Gasteiger partial charge in [0.25, 0.3) is 0 Å². The maximum Gasteiger partial charge on any atom is 0.193 e. The zero-order chi connectivity index (χ0) is 20.3. The number of hydrogen-bond donors (Lipinski definition) is 1. The van der Waals surface area contributed by atoms with Crippen LogP contribution in [0.1, 0.15) is 51.0 Å². The molecular weight excluding hydrogens is 386 g/mol. The first-order valence-corrected chi connectivity index (χ1v) is 11.6. The minimum absolute atomic E-state index is 0.307. The highest BCUT2D eigenvalue weighted by atomic mass is 35.5. The second-order valence-corrected chi connectivity index (χ2v) is 8.41. The van der Waals surface area contributed by atoms with Crippen molar-refractivity contribution < 1.29 is 9.47 Å². The van der Waals surface area contributed by atoms with E-state index in [0.29, 0.717) is 12.2 Å². The third kappa shape index (κ3) is 7.80. The van der Waals surface area contributed by atoms with Crippen LogP contribution in [-0.2, 0) is 15.9 Å². The third-order valence-electron chi connectivity index (χ3n) is 5.67. The molecule has 0 spiro atoms. The van der Waals surface area contributed by atoms with E-state index >= 15 is 0 Å². The molecule has 162 valence electrons. The van der Waals surface area contributed by atoms with Gasteiger partial charge in [-0.1, -0.05) is 23.7 Å². The van der Waals surface area contributed by atoms with Gasteiger partial charge in [0.2, 0.25) is 0 Å². The second kappa shape index (κ2) is 12.4. The van der Waals surface area contributed by atoms with Crippen LogP contribution in [0, 0.1) is 0 Å². The largest absolute Gasteiger partial charge is 0.376 e. The van der Waals surface area contributed by atoms with Gasteiger partial charge in [0.1, 0.15) is 0 Å². The SMILES string of the molecule is CCNC(=NCCCc1ccc(Cl)cc1)N1CCC(OCC2CCCCO2)CC1. The van der Waals surface area contributed by atoms with Crippen molar-refractivity contribution in [2.75, 3.05) is 39.4 Å². The Hall–Kier alpha value is -1.30. The first kappa shape index (κ1) is 22.4. The maximum atomic E-state index is 6.15. The molecule has 5 nitrogen and oxygen atoms in total. The lowest BCUT2D eigenvalue weighted by Crippen LogP contribution is -2.47. The molecule has 6 heteroatoms. The van der Waals surface area contributed by atoms with Crippen LogP contribution in [-0.4, -0.2) is 62.5 Å². The van der Waals surface area contributed by atoms with Crippen LogP contribution >= 0.6 is 11.6 Å². The molecule has 0 amide bonds. The number of hydrogen-bond acceptors (Lipinski definition) is 3. The van der Waals surface area contributed by atoms with Gasteiger partial charge in [0.05, 0.1) is 18.8 Å². The summed E-state index contributed by atoms with van der Waals surface area (Å²) in [5, 5.41) is 4.25. The minimum Gasteiger partial charge on any atom is -0.376 e. The van der Waals surface area contributed by atoms with Crippen molar-refractivity contribution in [2.45, 2.75) is 64.1 Å². The highest BCUT2D eigenvalue weighted by Crippen LogP contribution is 2.18. The van der Waals surface area contributed by atoms with E-state index < -0.39 is 0 Å². The van der Waals surface area contributed by atoms with E-state index in [1.165, 1.54) is 18.4 Å². The van der Waals surface area contributed by atoms with Crippen molar-refractivity contribution in [1.82, 2.24) is 10.2 Å². The summed E-state index contributed by atoms with van der Waals surface area (Å²) in [4.78, 5) is 7.24. The molecule has 29 heavy (non-hydrogen) atoms. The topological polar surface area (TPSA) is 46.1 Å². The van der Waals surface area contributed by atoms with Crippen LogP contribution in [0.4, 0.5) is 0 Å². The predicted octanol–water partition coefficient (Wildman–Crippen LogP) is 4.29. The van der Waals surface area contributed by atoms with E-state index in [2.05, 4.69) is 29.3 Å². The summed E-state index contributed by atoms with van der Waals surface area (Å²) in [6.07, 6.45) is 8.45. The van der Waals surface area contributed by atoms with E-state index in [0.717, 1.165) is 82.5 Å². The monoisotopic (exact) mass is 421 g/mol. The Morgan fingerprint density at radius 3 is 2.69 bits per heavy atom. The van der Waals surface area contributed by atoms with Crippen LogP contribution in [0.3, 0.4) is 0 Å². The van der Waals surface area contributed by atoms with Gasteiger partial charge in [0, 0.05) is 37.8 Å². The van der Waals surface area contributed by atoms with E-state index in [1.54, 1.807) is 0 Å². The lowest BCUT2D eigenvalue weighted by atomic mass is 10.1. The van der Waals surface area contributed by atoms with Gasteiger partial charge < -0.3 is 19.7 Å². The van der Waals surface area contributed by atoms with Gasteiger partial charge in [-0.25, -0.2) is 0 Å². The van der Waals surface area contributed by atoms with Gasteiger partial charge in [-0.3, -0.25) is 4.99 Å². The summed E-state index contributed by atoms with van der Waals surface area (Å²) in [6.45, 7) is 7.50. The van der Waals surface area contributed by atoms with Crippen LogP contribution in [0.25, 0.3) is 0 Å². The highest BCUT2D eigenvalue weighted by Gasteiger charge is 2.23. The molecule has 3 rings (SSSR count). The molecule has 1 aromatic rings. The van der Waals surface area contributed by atoms with Gasteiger partial charge >= 0.3 is 0 Å². The molecule has 1 aromatic carbocycles. The number of nitrogens with zero attached hydrogens (tertiary/aromatic N) is 2. The summed E-state index contributed by atoms with van der Waals surface area (Å²) in [7, 11) is 0. The molecular formula is C23H36ClN3O2. The Bertz CT molecular complexity index is 609. The molecule has 1 unspecified atom stereocenters. The zero-order valence-electron chi connectivity index (χ0n) is 17.7. The lowest BCUT2D eigenvalue weighted by molar-refractivity contribution is -0.0721. The lowest BCUT2D eigenvalue weighted by Gasteiger charge is -2.35. The van der Waals surface area contributed by atoms with Gasteiger partial charge in [-0.05, 0) is 69.6 Å². The molecule has 0 aromatic heterocycles. The Morgan fingerprint density at radius 1 is 1.21 bits per heavy atom. The molecule has 2 aliphatic rings. The van der Waals surface area contributed by atoms with Crippen molar-refractivity contribution in [1.29, 1.82) is 0 Å². The van der Waals surface area contributed by atoms with Crippen LogP contribution < -0.4 is 5.32 Å². The molecule has 2 heterocycles. The summed E-state index contributed by atoms with van der Waals surface area (Å²) >= 11 is 5.95. The normalized spacial score (nSPS) is 21.4. The second-order valence-electron chi connectivity index (χ2n) is 7.97. The fourth-order valence-electron chi connectivity index (χ4n) is 3.96. The Balaban J connectivity index is 1.38. The summed E-state index contributed by atoms with van der Waals surface area (Å²) in [6, 6.07) is 8.11. The standard InChI is InChI=1S/C23H36ClN3O2/c1-2-25-23(26-14-5-6-19-8-10-20(24)11-9-19)27-15-12-21(13-16-27)29-18-22-7-3-4-17-28-22/h8-11,21-22H,2-7,12-18H2,1H3,(H,25,26). The molecule has 2 saturated heterocycles. The number of aliphatic imine (C=N–C) groups is 1. The van der Waals surface area contributed by atoms with Crippen LogP contribution in [0.5, 0.6) is 0 Å². The number of aryl methyl sites for hydroxylation is 1. The van der Waals surface area contributed by atoms with E-state index in [-0.39, 0.29) is 0 Å². The fraction of sp³-hybridized carbons (Fsp3) is 0.696. The Labute approximate surface area is 180 Å². The summed E-state index contributed by atoms with van der Waals surface area (Å²) in [5.74, 6) is 1.04. The van der Waals surface area contributed by atoms with Crippen molar-refractivity contribution in [3.8, 4) is 0 Å². The molecule has 0 bridgehead atoms. The third-order valence-corrected chi connectivity index (χ3v) is 5.92. The number of likely N-dealkylation sites (tertiary alicyclic amines) is 1. The number of nitrogens with one attached hydrogen (secondary N) is 1. The van der Waals surface area contributed by atoms with E-state index in [4.69, 9.17) is 26.1 Å².